The van der Waals surface area contributed by atoms with Gasteiger partial charge in [-0.05, 0) is 73.5 Å². The Bertz CT molecular complexity index is 1290. The zero-order valence-corrected chi connectivity index (χ0v) is 22.7. The molecule has 0 aliphatic rings. The van der Waals surface area contributed by atoms with E-state index in [2.05, 4.69) is 44.0 Å². The molecular formula is C28H29BrN4O5. The zero-order chi connectivity index (χ0) is 27.3. The highest BCUT2D eigenvalue weighted by atomic mass is 79.9. The Hall–Kier alpha value is -4.18. The highest BCUT2D eigenvalue weighted by Crippen LogP contribution is 2.20. The van der Waals surface area contributed by atoms with Crippen LogP contribution in [0.15, 0.2) is 76.3 Å². The number of halogens is 1. The van der Waals surface area contributed by atoms with E-state index >= 15 is 0 Å². The lowest BCUT2D eigenvalue weighted by Crippen LogP contribution is -2.32. The maximum atomic E-state index is 12.3. The number of carbonyl (C=O) groups excluding carboxylic acids is 3. The molecule has 0 fully saturated rings. The molecule has 0 heterocycles. The molecule has 0 aliphatic carbocycles. The minimum absolute atomic E-state index is 0.225. The summed E-state index contributed by atoms with van der Waals surface area (Å²) in [6.45, 7) is 4.40. The molecule has 0 atom stereocenters. The van der Waals surface area contributed by atoms with Crippen molar-refractivity contribution >= 4 is 51.2 Å². The van der Waals surface area contributed by atoms with Crippen LogP contribution in [0.3, 0.4) is 0 Å². The number of para-hydroxylation sites is 1. The summed E-state index contributed by atoms with van der Waals surface area (Å²) in [6.07, 6.45) is 3.32. The number of unbranched alkanes of at least 4 members (excludes halogenated alkanes) is 1. The van der Waals surface area contributed by atoms with Crippen LogP contribution in [-0.2, 0) is 14.4 Å². The van der Waals surface area contributed by atoms with E-state index in [1.54, 1.807) is 54.6 Å². The second kappa shape index (κ2) is 14.5. The van der Waals surface area contributed by atoms with Crippen LogP contribution >= 0.6 is 15.9 Å². The van der Waals surface area contributed by atoms with Crippen molar-refractivity contribution in [3.8, 4) is 11.5 Å². The van der Waals surface area contributed by atoms with Gasteiger partial charge < -0.3 is 20.1 Å². The maximum absolute atomic E-state index is 12.3. The van der Waals surface area contributed by atoms with Crippen LogP contribution in [0.2, 0.25) is 0 Å². The first-order valence-corrected chi connectivity index (χ1v) is 12.8. The molecule has 38 heavy (non-hydrogen) atoms. The normalized spacial score (nSPS) is 10.6. The van der Waals surface area contributed by atoms with Gasteiger partial charge in [0.2, 0.25) is 0 Å². The van der Waals surface area contributed by atoms with E-state index < -0.39 is 11.8 Å². The number of anilines is 2. The Morgan fingerprint density at radius 3 is 2.39 bits per heavy atom. The molecule has 3 N–H and O–H groups in total. The van der Waals surface area contributed by atoms with E-state index in [0.717, 1.165) is 22.9 Å². The zero-order valence-electron chi connectivity index (χ0n) is 21.1. The number of hydrogen-bond acceptors (Lipinski definition) is 6. The number of amides is 3. The monoisotopic (exact) mass is 580 g/mol. The highest BCUT2D eigenvalue weighted by molar-refractivity contribution is 9.10. The lowest BCUT2D eigenvalue weighted by molar-refractivity contribution is -0.136. The predicted molar refractivity (Wildman–Crippen MR) is 151 cm³/mol. The SMILES string of the molecule is CCCCOc1ccc(NC(=O)C(=O)N/N=C\c2ccccc2OCC(=O)Nc2ccc(Br)c(C)c2)cc1. The smallest absolute Gasteiger partial charge is 0.329 e. The number of hydrazone groups is 1. The average Bonchev–Trinajstić information content (AvgIpc) is 2.91. The van der Waals surface area contributed by atoms with Gasteiger partial charge in [-0.15, -0.1) is 0 Å². The van der Waals surface area contributed by atoms with Crippen LogP contribution in [0, 0.1) is 6.92 Å². The van der Waals surface area contributed by atoms with Crippen LogP contribution < -0.4 is 25.5 Å². The van der Waals surface area contributed by atoms with Crippen LogP contribution in [0.5, 0.6) is 11.5 Å². The van der Waals surface area contributed by atoms with Crippen molar-refractivity contribution in [2.45, 2.75) is 26.7 Å². The van der Waals surface area contributed by atoms with Crippen molar-refractivity contribution < 1.29 is 23.9 Å². The van der Waals surface area contributed by atoms with Gasteiger partial charge >= 0.3 is 11.8 Å². The Kier molecular flexibility index (Phi) is 10.9. The van der Waals surface area contributed by atoms with E-state index in [-0.39, 0.29) is 12.5 Å². The lowest BCUT2D eigenvalue weighted by atomic mass is 10.2. The molecular weight excluding hydrogens is 552 g/mol. The number of aryl methyl sites for hydroxylation is 1. The number of nitrogens with one attached hydrogen (secondary N) is 3. The Labute approximate surface area is 229 Å². The number of nitrogens with zero attached hydrogens (tertiary/aromatic N) is 1. The van der Waals surface area contributed by atoms with E-state index in [9.17, 15) is 14.4 Å². The van der Waals surface area contributed by atoms with Gasteiger partial charge in [-0.1, -0.05) is 41.4 Å². The molecule has 0 bridgehead atoms. The molecule has 0 unspecified atom stereocenters. The third-order valence-corrected chi connectivity index (χ3v) is 6.06. The van der Waals surface area contributed by atoms with Crippen LogP contribution in [-0.4, -0.2) is 37.1 Å². The minimum Gasteiger partial charge on any atom is -0.494 e. The van der Waals surface area contributed by atoms with Crippen molar-refractivity contribution in [3.63, 3.8) is 0 Å². The number of benzene rings is 3. The summed E-state index contributed by atoms with van der Waals surface area (Å²) in [5, 5.41) is 9.12. The molecule has 198 valence electrons. The number of carbonyl (C=O) groups is 3. The van der Waals surface area contributed by atoms with E-state index in [0.29, 0.717) is 35.0 Å². The van der Waals surface area contributed by atoms with Crippen LogP contribution in [0.4, 0.5) is 11.4 Å². The summed E-state index contributed by atoms with van der Waals surface area (Å²) in [5.41, 5.74) is 4.80. The quantitative estimate of drug-likeness (QED) is 0.127. The van der Waals surface area contributed by atoms with Crippen molar-refractivity contribution in [3.05, 3.63) is 82.3 Å². The van der Waals surface area contributed by atoms with E-state index in [1.165, 1.54) is 6.21 Å². The summed E-state index contributed by atoms with van der Waals surface area (Å²) < 4.78 is 12.2. The molecule has 0 spiro atoms. The summed E-state index contributed by atoms with van der Waals surface area (Å²) in [5.74, 6) is -1.06. The first kappa shape index (κ1) is 28.4. The molecule has 3 aromatic carbocycles. The van der Waals surface area contributed by atoms with Crippen molar-refractivity contribution in [2.75, 3.05) is 23.8 Å². The largest absolute Gasteiger partial charge is 0.494 e. The molecule has 9 nitrogen and oxygen atoms in total. The second-order valence-electron chi connectivity index (χ2n) is 8.22. The highest BCUT2D eigenvalue weighted by Gasteiger charge is 2.13. The van der Waals surface area contributed by atoms with Gasteiger partial charge in [0, 0.05) is 21.4 Å². The molecule has 10 heteroatoms. The molecule has 3 aromatic rings. The standard InChI is InChI=1S/C28H29BrN4O5/c1-3-4-15-37-23-12-9-21(10-13-23)32-27(35)28(36)33-30-17-20-7-5-6-8-25(20)38-18-26(34)31-22-11-14-24(29)19(2)16-22/h5-14,16-17H,3-4,15,18H2,1-2H3,(H,31,34)(H,32,35)(H,33,36)/b30-17-. The number of rotatable bonds is 11. The summed E-state index contributed by atoms with van der Waals surface area (Å²) in [4.78, 5) is 36.6. The molecule has 3 amide bonds. The van der Waals surface area contributed by atoms with Gasteiger partial charge in [-0.3, -0.25) is 14.4 Å². The maximum Gasteiger partial charge on any atom is 0.329 e. The van der Waals surface area contributed by atoms with Gasteiger partial charge in [0.1, 0.15) is 11.5 Å². The van der Waals surface area contributed by atoms with E-state index in [1.807, 2.05) is 19.1 Å². The molecule has 0 radical (unpaired) electrons. The third-order valence-electron chi connectivity index (χ3n) is 5.17. The van der Waals surface area contributed by atoms with Gasteiger partial charge in [-0.25, -0.2) is 5.43 Å². The van der Waals surface area contributed by atoms with Crippen molar-refractivity contribution in [2.24, 2.45) is 5.10 Å². The van der Waals surface area contributed by atoms with Crippen molar-refractivity contribution in [1.29, 1.82) is 0 Å². The van der Waals surface area contributed by atoms with Gasteiger partial charge in [0.25, 0.3) is 5.91 Å². The first-order chi connectivity index (χ1) is 18.4. The fourth-order valence-electron chi connectivity index (χ4n) is 3.15. The van der Waals surface area contributed by atoms with E-state index in [4.69, 9.17) is 9.47 Å². The summed E-state index contributed by atoms with van der Waals surface area (Å²) >= 11 is 3.43. The summed E-state index contributed by atoms with van der Waals surface area (Å²) in [7, 11) is 0. The molecule has 0 aromatic heterocycles. The topological polar surface area (TPSA) is 118 Å². The van der Waals surface area contributed by atoms with Gasteiger partial charge in [-0.2, -0.15) is 5.10 Å². The summed E-state index contributed by atoms with van der Waals surface area (Å²) in [6, 6.07) is 19.1. The van der Waals surface area contributed by atoms with Crippen LogP contribution in [0.1, 0.15) is 30.9 Å². The average molecular weight is 581 g/mol. The Balaban J connectivity index is 1.48. The first-order valence-electron chi connectivity index (χ1n) is 12.0. The van der Waals surface area contributed by atoms with Crippen molar-refractivity contribution in [1.82, 2.24) is 5.43 Å². The fraction of sp³-hybridized carbons (Fsp3) is 0.214. The molecule has 0 aliphatic heterocycles. The Morgan fingerprint density at radius 2 is 1.66 bits per heavy atom. The van der Waals surface area contributed by atoms with Gasteiger partial charge in [0.15, 0.2) is 6.61 Å². The number of hydrogen-bond donors (Lipinski definition) is 3. The lowest BCUT2D eigenvalue weighted by Gasteiger charge is -2.10. The molecule has 0 saturated heterocycles. The minimum atomic E-state index is -0.938. The molecule has 3 rings (SSSR count). The Morgan fingerprint density at radius 1 is 0.921 bits per heavy atom. The molecule has 0 saturated carbocycles. The van der Waals surface area contributed by atoms with Crippen LogP contribution in [0.25, 0.3) is 0 Å². The fourth-order valence-corrected chi connectivity index (χ4v) is 3.40. The number of ether oxygens (including phenoxy) is 2. The van der Waals surface area contributed by atoms with Gasteiger partial charge in [0.05, 0.1) is 12.8 Å². The third kappa shape index (κ3) is 9.04. The predicted octanol–water partition coefficient (Wildman–Crippen LogP) is 5.04. The second-order valence-corrected chi connectivity index (χ2v) is 9.07.